The zero-order valence-electron chi connectivity index (χ0n) is 12.5. The minimum atomic E-state index is 0.151. The number of hydrogen-bond acceptors (Lipinski definition) is 2. The largest absolute Gasteiger partial charge is 0.352 e. The van der Waals surface area contributed by atoms with E-state index in [0.717, 1.165) is 25.2 Å². The van der Waals surface area contributed by atoms with E-state index in [0.29, 0.717) is 12.0 Å². The summed E-state index contributed by atoms with van der Waals surface area (Å²) in [5.41, 5.74) is 6.01. The van der Waals surface area contributed by atoms with E-state index >= 15 is 0 Å². The van der Waals surface area contributed by atoms with Crippen LogP contribution in [0, 0.1) is 17.3 Å². The molecule has 1 aliphatic carbocycles. The van der Waals surface area contributed by atoms with Crippen LogP contribution in [-0.2, 0) is 4.79 Å². The number of carbonyl (C=O) groups excluding carboxylic acids is 1. The summed E-state index contributed by atoms with van der Waals surface area (Å²) in [7, 11) is 0. The molecule has 18 heavy (non-hydrogen) atoms. The molecule has 3 heteroatoms. The van der Waals surface area contributed by atoms with Gasteiger partial charge in [0.2, 0.25) is 5.91 Å². The predicted octanol–water partition coefficient (Wildman–Crippen LogP) is 2.69. The number of rotatable bonds is 4. The first-order chi connectivity index (χ1) is 8.38. The average Bonchev–Trinajstić information content (AvgIpc) is 2.34. The highest BCUT2D eigenvalue weighted by atomic mass is 16.1. The van der Waals surface area contributed by atoms with Crippen molar-refractivity contribution >= 4 is 5.91 Å². The maximum atomic E-state index is 12.1. The van der Waals surface area contributed by atoms with Crippen LogP contribution in [0.2, 0.25) is 0 Å². The third-order valence-electron chi connectivity index (χ3n) is 4.45. The predicted molar refractivity (Wildman–Crippen MR) is 76.2 cm³/mol. The van der Waals surface area contributed by atoms with Crippen LogP contribution in [0.15, 0.2) is 0 Å². The zero-order chi connectivity index (χ0) is 13.8. The van der Waals surface area contributed by atoms with Crippen molar-refractivity contribution in [1.82, 2.24) is 5.32 Å². The van der Waals surface area contributed by atoms with Crippen molar-refractivity contribution in [2.24, 2.45) is 23.0 Å². The van der Waals surface area contributed by atoms with Gasteiger partial charge in [0.05, 0.1) is 0 Å². The molecule has 1 aliphatic rings. The van der Waals surface area contributed by atoms with Gasteiger partial charge in [0.25, 0.3) is 0 Å². The van der Waals surface area contributed by atoms with Crippen molar-refractivity contribution in [2.45, 2.75) is 65.8 Å². The average molecular weight is 254 g/mol. The maximum Gasteiger partial charge on any atom is 0.223 e. The third kappa shape index (κ3) is 4.27. The standard InChI is InChI=1S/C15H30N2O/c1-5-13(10-16)17-14(18)11-6-8-12(9-7-11)15(2,3)4/h11-13H,5-10,16H2,1-4H3,(H,17,18). The van der Waals surface area contributed by atoms with Crippen LogP contribution in [-0.4, -0.2) is 18.5 Å². The third-order valence-corrected chi connectivity index (χ3v) is 4.45. The van der Waals surface area contributed by atoms with Gasteiger partial charge < -0.3 is 11.1 Å². The molecular formula is C15H30N2O. The topological polar surface area (TPSA) is 55.1 Å². The highest BCUT2D eigenvalue weighted by Gasteiger charge is 2.32. The summed E-state index contributed by atoms with van der Waals surface area (Å²) < 4.78 is 0. The maximum absolute atomic E-state index is 12.1. The van der Waals surface area contributed by atoms with Crippen LogP contribution in [0.25, 0.3) is 0 Å². The Bertz CT molecular complexity index is 258. The van der Waals surface area contributed by atoms with Gasteiger partial charge in [0.15, 0.2) is 0 Å². The Morgan fingerprint density at radius 3 is 2.22 bits per heavy atom. The molecule has 0 radical (unpaired) electrons. The van der Waals surface area contributed by atoms with Crippen LogP contribution in [0.3, 0.4) is 0 Å². The molecule has 3 nitrogen and oxygen atoms in total. The molecule has 3 N–H and O–H groups in total. The Morgan fingerprint density at radius 2 is 1.83 bits per heavy atom. The summed E-state index contributed by atoms with van der Waals surface area (Å²) in [6.07, 6.45) is 5.35. The fraction of sp³-hybridized carbons (Fsp3) is 0.933. The lowest BCUT2D eigenvalue weighted by Crippen LogP contribution is -2.43. The molecule has 1 fully saturated rings. The van der Waals surface area contributed by atoms with Crippen LogP contribution < -0.4 is 11.1 Å². The van der Waals surface area contributed by atoms with E-state index in [9.17, 15) is 4.79 Å². The van der Waals surface area contributed by atoms with E-state index in [4.69, 9.17) is 5.73 Å². The number of nitrogens with one attached hydrogen (secondary N) is 1. The van der Waals surface area contributed by atoms with Gasteiger partial charge in [-0.05, 0) is 43.4 Å². The van der Waals surface area contributed by atoms with Gasteiger partial charge >= 0.3 is 0 Å². The van der Waals surface area contributed by atoms with Gasteiger partial charge in [-0.3, -0.25) is 4.79 Å². The van der Waals surface area contributed by atoms with Crippen LogP contribution in [0.5, 0.6) is 0 Å². The normalized spacial score (nSPS) is 26.7. The van der Waals surface area contributed by atoms with E-state index in [-0.39, 0.29) is 17.9 Å². The smallest absolute Gasteiger partial charge is 0.223 e. The monoisotopic (exact) mass is 254 g/mol. The Morgan fingerprint density at radius 1 is 1.28 bits per heavy atom. The lowest BCUT2D eigenvalue weighted by Gasteiger charge is -2.36. The molecule has 1 saturated carbocycles. The Hall–Kier alpha value is -0.570. The number of amides is 1. The molecule has 0 spiro atoms. The number of nitrogens with two attached hydrogens (primary N) is 1. The van der Waals surface area contributed by atoms with Gasteiger partial charge in [0, 0.05) is 18.5 Å². The molecular weight excluding hydrogens is 224 g/mol. The molecule has 0 saturated heterocycles. The van der Waals surface area contributed by atoms with Crippen LogP contribution >= 0.6 is 0 Å². The molecule has 1 atom stereocenters. The minimum absolute atomic E-state index is 0.151. The molecule has 0 aromatic heterocycles. The summed E-state index contributed by atoms with van der Waals surface area (Å²) in [5.74, 6) is 1.20. The van der Waals surface area contributed by atoms with Crippen molar-refractivity contribution in [3.63, 3.8) is 0 Å². The molecule has 1 amide bonds. The minimum Gasteiger partial charge on any atom is -0.352 e. The first kappa shape index (κ1) is 15.5. The van der Waals surface area contributed by atoms with Crippen molar-refractivity contribution in [3.05, 3.63) is 0 Å². The summed E-state index contributed by atoms with van der Waals surface area (Å²) in [6, 6.07) is 0.151. The van der Waals surface area contributed by atoms with E-state index < -0.39 is 0 Å². The van der Waals surface area contributed by atoms with Gasteiger partial charge in [-0.15, -0.1) is 0 Å². The molecule has 0 bridgehead atoms. The number of hydrogen-bond donors (Lipinski definition) is 2. The fourth-order valence-electron chi connectivity index (χ4n) is 2.87. The van der Waals surface area contributed by atoms with Crippen LogP contribution in [0.1, 0.15) is 59.8 Å². The first-order valence-corrected chi connectivity index (χ1v) is 7.38. The SMILES string of the molecule is CCC(CN)NC(=O)C1CCC(C(C)(C)C)CC1. The van der Waals surface area contributed by atoms with Crippen molar-refractivity contribution in [2.75, 3.05) is 6.54 Å². The second-order valence-corrected chi connectivity index (χ2v) is 6.76. The summed E-state index contributed by atoms with van der Waals surface area (Å²) >= 11 is 0. The van der Waals surface area contributed by atoms with Gasteiger partial charge in [0.1, 0.15) is 0 Å². The van der Waals surface area contributed by atoms with Gasteiger partial charge in [-0.2, -0.15) is 0 Å². The molecule has 0 aromatic rings. The Balaban J connectivity index is 2.41. The van der Waals surface area contributed by atoms with Crippen molar-refractivity contribution in [3.8, 4) is 0 Å². The van der Waals surface area contributed by atoms with Gasteiger partial charge in [-0.25, -0.2) is 0 Å². The molecule has 1 unspecified atom stereocenters. The van der Waals surface area contributed by atoms with E-state index in [1.54, 1.807) is 0 Å². The molecule has 0 aliphatic heterocycles. The molecule has 0 aromatic carbocycles. The van der Waals surface area contributed by atoms with E-state index in [1.165, 1.54) is 12.8 Å². The Labute approximate surface area is 112 Å². The van der Waals surface area contributed by atoms with E-state index in [1.807, 2.05) is 0 Å². The molecule has 106 valence electrons. The zero-order valence-corrected chi connectivity index (χ0v) is 12.5. The molecule has 1 rings (SSSR count). The van der Waals surface area contributed by atoms with Crippen molar-refractivity contribution in [1.29, 1.82) is 0 Å². The second kappa shape index (κ2) is 6.55. The summed E-state index contributed by atoms with van der Waals surface area (Å²) in [4.78, 5) is 12.1. The van der Waals surface area contributed by atoms with Gasteiger partial charge in [-0.1, -0.05) is 27.7 Å². The van der Waals surface area contributed by atoms with Crippen LogP contribution in [0.4, 0.5) is 0 Å². The molecule has 0 heterocycles. The van der Waals surface area contributed by atoms with Crippen molar-refractivity contribution < 1.29 is 4.79 Å². The fourth-order valence-corrected chi connectivity index (χ4v) is 2.87. The first-order valence-electron chi connectivity index (χ1n) is 7.38. The lowest BCUT2D eigenvalue weighted by molar-refractivity contribution is -0.127. The summed E-state index contributed by atoms with van der Waals surface area (Å²) in [5, 5.41) is 3.08. The highest BCUT2D eigenvalue weighted by molar-refractivity contribution is 5.79. The summed E-state index contributed by atoms with van der Waals surface area (Å²) in [6.45, 7) is 9.52. The number of carbonyl (C=O) groups is 1. The lowest BCUT2D eigenvalue weighted by atomic mass is 9.69. The highest BCUT2D eigenvalue weighted by Crippen LogP contribution is 2.39. The van der Waals surface area contributed by atoms with E-state index in [2.05, 4.69) is 33.0 Å². The second-order valence-electron chi connectivity index (χ2n) is 6.76. The quantitative estimate of drug-likeness (QED) is 0.810. The Kier molecular flexibility index (Phi) is 5.64.